The highest BCUT2D eigenvalue weighted by Gasteiger charge is 1.99. The maximum Gasteiger partial charge on any atom is 0.179 e. The van der Waals surface area contributed by atoms with Gasteiger partial charge in [0.05, 0.1) is 6.21 Å². The SMILES string of the molecule is ON/C(=N/N=C/c1ccccc1)c1ccccc1. The highest BCUT2D eigenvalue weighted by molar-refractivity contribution is 5.98. The van der Waals surface area contributed by atoms with E-state index in [0.717, 1.165) is 11.1 Å². The zero-order valence-electron chi connectivity index (χ0n) is 9.69. The van der Waals surface area contributed by atoms with Gasteiger partial charge in [-0.3, -0.25) is 10.7 Å². The molecule has 0 aliphatic carbocycles. The van der Waals surface area contributed by atoms with Crippen LogP contribution in [0.2, 0.25) is 0 Å². The first-order valence-corrected chi connectivity index (χ1v) is 5.52. The highest BCUT2D eigenvalue weighted by Crippen LogP contribution is 2.00. The van der Waals surface area contributed by atoms with Crippen molar-refractivity contribution in [2.75, 3.05) is 0 Å². The zero-order valence-corrected chi connectivity index (χ0v) is 9.69. The lowest BCUT2D eigenvalue weighted by atomic mass is 10.2. The van der Waals surface area contributed by atoms with Crippen LogP contribution < -0.4 is 5.48 Å². The molecule has 0 aliphatic rings. The van der Waals surface area contributed by atoms with Crippen LogP contribution in [0.15, 0.2) is 70.9 Å². The van der Waals surface area contributed by atoms with Crippen LogP contribution in [-0.2, 0) is 0 Å². The second kappa shape index (κ2) is 6.32. The first-order valence-electron chi connectivity index (χ1n) is 5.52. The predicted octanol–water partition coefficient (Wildman–Crippen LogP) is 2.45. The lowest BCUT2D eigenvalue weighted by Crippen LogP contribution is -2.19. The Kier molecular flexibility index (Phi) is 4.22. The molecule has 90 valence electrons. The van der Waals surface area contributed by atoms with E-state index >= 15 is 0 Å². The number of amidine groups is 1. The fourth-order valence-electron chi connectivity index (χ4n) is 1.43. The molecule has 0 fully saturated rings. The lowest BCUT2D eigenvalue weighted by Gasteiger charge is -2.01. The molecule has 2 rings (SSSR count). The monoisotopic (exact) mass is 239 g/mol. The van der Waals surface area contributed by atoms with E-state index in [4.69, 9.17) is 5.21 Å². The summed E-state index contributed by atoms with van der Waals surface area (Å²) in [5.74, 6) is 0.308. The molecule has 0 saturated heterocycles. The number of rotatable bonds is 3. The molecule has 2 aromatic rings. The van der Waals surface area contributed by atoms with Crippen molar-refractivity contribution in [3.05, 3.63) is 71.8 Å². The molecule has 18 heavy (non-hydrogen) atoms. The minimum atomic E-state index is 0.308. The molecule has 0 aliphatic heterocycles. The minimum Gasteiger partial charge on any atom is -0.290 e. The second-order valence-corrected chi connectivity index (χ2v) is 3.58. The van der Waals surface area contributed by atoms with Crippen molar-refractivity contribution in [3.63, 3.8) is 0 Å². The van der Waals surface area contributed by atoms with Crippen LogP contribution in [0.25, 0.3) is 0 Å². The quantitative estimate of drug-likeness (QED) is 0.491. The lowest BCUT2D eigenvalue weighted by molar-refractivity contribution is 0.234. The Morgan fingerprint density at radius 2 is 1.56 bits per heavy atom. The Morgan fingerprint density at radius 1 is 0.944 bits per heavy atom. The van der Waals surface area contributed by atoms with E-state index in [1.165, 1.54) is 0 Å². The van der Waals surface area contributed by atoms with Crippen molar-refractivity contribution in [1.29, 1.82) is 0 Å². The van der Waals surface area contributed by atoms with E-state index in [1.54, 1.807) is 6.21 Å². The van der Waals surface area contributed by atoms with Crippen molar-refractivity contribution < 1.29 is 5.21 Å². The van der Waals surface area contributed by atoms with E-state index in [1.807, 2.05) is 66.1 Å². The fraction of sp³-hybridized carbons (Fsp3) is 0. The average molecular weight is 239 g/mol. The second-order valence-electron chi connectivity index (χ2n) is 3.58. The van der Waals surface area contributed by atoms with E-state index in [-0.39, 0.29) is 0 Å². The largest absolute Gasteiger partial charge is 0.290 e. The smallest absolute Gasteiger partial charge is 0.179 e. The first kappa shape index (κ1) is 12.0. The molecule has 2 N–H and O–H groups in total. The van der Waals surface area contributed by atoms with Gasteiger partial charge in [-0.05, 0) is 5.56 Å². The van der Waals surface area contributed by atoms with Gasteiger partial charge in [-0.1, -0.05) is 60.7 Å². The normalized spacial score (nSPS) is 11.7. The van der Waals surface area contributed by atoms with Gasteiger partial charge in [0.15, 0.2) is 5.84 Å². The molecular weight excluding hydrogens is 226 g/mol. The van der Waals surface area contributed by atoms with Gasteiger partial charge in [0, 0.05) is 5.56 Å². The summed E-state index contributed by atoms with van der Waals surface area (Å²) in [6.07, 6.45) is 1.63. The highest BCUT2D eigenvalue weighted by atomic mass is 16.5. The van der Waals surface area contributed by atoms with Gasteiger partial charge < -0.3 is 0 Å². The van der Waals surface area contributed by atoms with Crippen molar-refractivity contribution in [1.82, 2.24) is 5.48 Å². The average Bonchev–Trinajstić information content (AvgIpc) is 2.46. The molecule has 4 nitrogen and oxygen atoms in total. The van der Waals surface area contributed by atoms with Crippen LogP contribution in [0.4, 0.5) is 0 Å². The molecule has 0 heterocycles. The molecule has 0 atom stereocenters. The number of hydroxylamine groups is 1. The molecular formula is C14H13N3O. The van der Waals surface area contributed by atoms with Crippen molar-refractivity contribution in [3.8, 4) is 0 Å². The van der Waals surface area contributed by atoms with Crippen LogP contribution in [0.1, 0.15) is 11.1 Å². The van der Waals surface area contributed by atoms with Gasteiger partial charge in [-0.25, -0.2) is 0 Å². The Labute approximate surface area is 105 Å². The number of benzene rings is 2. The maximum atomic E-state index is 9.02. The van der Waals surface area contributed by atoms with Crippen LogP contribution >= 0.6 is 0 Å². The first-order chi connectivity index (χ1) is 8.90. The van der Waals surface area contributed by atoms with Crippen molar-refractivity contribution in [2.24, 2.45) is 10.2 Å². The van der Waals surface area contributed by atoms with Crippen LogP contribution in [0, 0.1) is 0 Å². The Morgan fingerprint density at radius 3 is 2.17 bits per heavy atom. The summed E-state index contributed by atoms with van der Waals surface area (Å²) >= 11 is 0. The van der Waals surface area contributed by atoms with Crippen LogP contribution in [-0.4, -0.2) is 17.3 Å². The summed E-state index contributed by atoms with van der Waals surface area (Å²) in [4.78, 5) is 0. The van der Waals surface area contributed by atoms with Crippen molar-refractivity contribution >= 4 is 12.1 Å². The molecule has 0 unspecified atom stereocenters. The molecule has 0 bridgehead atoms. The van der Waals surface area contributed by atoms with Gasteiger partial charge in [0.2, 0.25) is 0 Å². The summed E-state index contributed by atoms with van der Waals surface area (Å²) in [5.41, 5.74) is 3.76. The number of nitrogens with one attached hydrogen (secondary N) is 1. The molecule has 0 aromatic heterocycles. The summed E-state index contributed by atoms with van der Waals surface area (Å²) in [5, 5.41) is 16.9. The van der Waals surface area contributed by atoms with Gasteiger partial charge in [-0.2, -0.15) is 5.10 Å². The molecule has 0 saturated carbocycles. The Hall–Kier alpha value is -2.46. The number of hydrogen-bond donors (Lipinski definition) is 2. The van der Waals surface area contributed by atoms with E-state index < -0.39 is 0 Å². The predicted molar refractivity (Wildman–Crippen MR) is 71.9 cm³/mol. The zero-order chi connectivity index (χ0) is 12.6. The third kappa shape index (κ3) is 3.26. The van der Waals surface area contributed by atoms with Crippen LogP contribution in [0.5, 0.6) is 0 Å². The Balaban J connectivity index is 2.14. The summed E-state index contributed by atoms with van der Waals surface area (Å²) < 4.78 is 0. The van der Waals surface area contributed by atoms with Gasteiger partial charge >= 0.3 is 0 Å². The summed E-state index contributed by atoms with van der Waals surface area (Å²) in [7, 11) is 0. The molecule has 4 heteroatoms. The third-order valence-electron chi connectivity index (χ3n) is 2.32. The van der Waals surface area contributed by atoms with E-state index in [9.17, 15) is 0 Å². The maximum absolute atomic E-state index is 9.02. The van der Waals surface area contributed by atoms with Crippen molar-refractivity contribution in [2.45, 2.75) is 0 Å². The minimum absolute atomic E-state index is 0.308. The topological polar surface area (TPSA) is 57.0 Å². The van der Waals surface area contributed by atoms with Gasteiger partial charge in [0.1, 0.15) is 0 Å². The standard InChI is InChI=1S/C14H13N3O/c18-17-14(13-9-5-2-6-10-13)16-15-11-12-7-3-1-4-8-12/h1-11,18H,(H,16,17)/b15-11+. The van der Waals surface area contributed by atoms with E-state index in [2.05, 4.69) is 10.2 Å². The number of hydrogen-bond acceptors (Lipinski definition) is 3. The summed E-state index contributed by atoms with van der Waals surface area (Å²) in [6, 6.07) is 18.9. The molecule has 2 aromatic carbocycles. The summed E-state index contributed by atoms with van der Waals surface area (Å²) in [6.45, 7) is 0. The molecule has 0 spiro atoms. The molecule has 0 radical (unpaired) electrons. The van der Waals surface area contributed by atoms with Gasteiger partial charge in [0.25, 0.3) is 0 Å². The van der Waals surface area contributed by atoms with Crippen LogP contribution in [0.3, 0.4) is 0 Å². The van der Waals surface area contributed by atoms with E-state index in [0.29, 0.717) is 5.84 Å². The molecule has 0 amide bonds. The number of nitrogens with zero attached hydrogens (tertiary/aromatic N) is 2. The Bertz CT molecular complexity index is 535. The third-order valence-corrected chi connectivity index (χ3v) is 2.32. The fourth-order valence-corrected chi connectivity index (χ4v) is 1.43. The van der Waals surface area contributed by atoms with Gasteiger partial charge in [-0.15, -0.1) is 5.10 Å².